The van der Waals surface area contributed by atoms with E-state index in [1.807, 2.05) is 0 Å². The van der Waals surface area contributed by atoms with Crippen LogP contribution in [0, 0.1) is 11.8 Å². The summed E-state index contributed by atoms with van der Waals surface area (Å²) in [5, 5.41) is 5.57. The molecule has 17 heavy (non-hydrogen) atoms. The van der Waals surface area contributed by atoms with Gasteiger partial charge in [-0.15, -0.1) is 12.4 Å². The molecule has 1 amide bonds. The Kier molecular flexibility index (Phi) is 7.27. The Bertz CT molecular complexity index is 249. The van der Waals surface area contributed by atoms with Crippen LogP contribution in [0.2, 0.25) is 0 Å². The van der Waals surface area contributed by atoms with E-state index in [0.717, 1.165) is 13.1 Å². The van der Waals surface area contributed by atoms with Gasteiger partial charge >= 0.3 is 5.51 Å². The summed E-state index contributed by atoms with van der Waals surface area (Å²) >= 11 is -0.112. The lowest BCUT2D eigenvalue weighted by molar-refractivity contribution is -0.126. The molecule has 102 valence electrons. The van der Waals surface area contributed by atoms with Gasteiger partial charge in [-0.3, -0.25) is 4.79 Å². The maximum atomic E-state index is 11.8. The minimum absolute atomic E-state index is 0. The Balaban J connectivity index is 0.00000256. The monoisotopic (exact) mass is 292 g/mol. The van der Waals surface area contributed by atoms with Crippen molar-refractivity contribution in [2.75, 3.05) is 25.4 Å². The zero-order chi connectivity index (χ0) is 12.2. The van der Waals surface area contributed by atoms with Crippen LogP contribution >= 0.6 is 24.2 Å². The number of hydrogen-bond acceptors (Lipinski definition) is 3. The molecule has 1 atom stereocenters. The van der Waals surface area contributed by atoms with Crippen molar-refractivity contribution in [3.05, 3.63) is 0 Å². The van der Waals surface area contributed by atoms with E-state index >= 15 is 0 Å². The smallest absolute Gasteiger partial charge is 0.355 e. The van der Waals surface area contributed by atoms with Crippen LogP contribution in [0.5, 0.6) is 0 Å². The topological polar surface area (TPSA) is 41.1 Å². The lowest BCUT2D eigenvalue weighted by Gasteiger charge is -2.31. The van der Waals surface area contributed by atoms with Crippen molar-refractivity contribution in [1.82, 2.24) is 10.6 Å². The Morgan fingerprint density at radius 2 is 2.12 bits per heavy atom. The van der Waals surface area contributed by atoms with Crippen LogP contribution in [0.15, 0.2) is 0 Å². The molecule has 0 radical (unpaired) electrons. The van der Waals surface area contributed by atoms with Crippen LogP contribution in [-0.2, 0) is 4.79 Å². The first kappa shape index (κ1) is 16.9. The van der Waals surface area contributed by atoms with E-state index in [1.165, 1.54) is 0 Å². The second-order valence-corrected chi connectivity index (χ2v) is 4.95. The number of nitrogens with one attached hydrogen (secondary N) is 2. The fraction of sp³-hybridized carbons (Fsp3) is 0.889. The second-order valence-electron chi connectivity index (χ2n) is 3.79. The van der Waals surface area contributed by atoms with Crippen molar-refractivity contribution in [2.45, 2.75) is 12.4 Å². The fourth-order valence-electron chi connectivity index (χ4n) is 1.38. The first-order chi connectivity index (χ1) is 7.40. The number of halogens is 4. The average Bonchev–Trinajstić information content (AvgIpc) is 2.07. The highest BCUT2D eigenvalue weighted by Gasteiger charge is 2.29. The van der Waals surface area contributed by atoms with Gasteiger partial charge in [0, 0.05) is 18.2 Å². The predicted octanol–water partition coefficient (Wildman–Crippen LogP) is 1.63. The molecule has 0 aromatic rings. The molecule has 1 aliphatic rings. The Hall–Kier alpha value is -0.140. The number of carbonyl (C=O) groups is 1. The van der Waals surface area contributed by atoms with Gasteiger partial charge in [-0.2, -0.15) is 13.2 Å². The first-order valence-electron chi connectivity index (χ1n) is 5.09. The number of alkyl halides is 3. The summed E-state index contributed by atoms with van der Waals surface area (Å²) in [6.07, 6.45) is 0. The molecular weight excluding hydrogens is 277 g/mol. The summed E-state index contributed by atoms with van der Waals surface area (Å²) in [6.45, 7) is 3.49. The van der Waals surface area contributed by atoms with Crippen LogP contribution in [-0.4, -0.2) is 36.8 Å². The van der Waals surface area contributed by atoms with Gasteiger partial charge in [-0.05, 0) is 30.8 Å². The summed E-state index contributed by atoms with van der Waals surface area (Å²) in [7, 11) is 0. The first-order valence-corrected chi connectivity index (χ1v) is 6.08. The van der Waals surface area contributed by atoms with E-state index in [0.29, 0.717) is 5.92 Å². The van der Waals surface area contributed by atoms with Crippen molar-refractivity contribution in [3.63, 3.8) is 0 Å². The molecule has 8 heteroatoms. The zero-order valence-electron chi connectivity index (χ0n) is 9.34. The standard InChI is InChI=1S/C9H15F3N2OS.ClH/c1-6(7-4-13-5-7)8(15)14-2-3-16-9(10,11)12;/h6-7,13H,2-5H2,1H3,(H,14,15);1H. The van der Waals surface area contributed by atoms with Crippen molar-refractivity contribution in [3.8, 4) is 0 Å². The Labute approximate surface area is 109 Å². The van der Waals surface area contributed by atoms with Gasteiger partial charge in [0.1, 0.15) is 0 Å². The quantitative estimate of drug-likeness (QED) is 0.757. The lowest BCUT2D eigenvalue weighted by atomic mass is 9.88. The molecule has 0 aliphatic carbocycles. The molecule has 2 N–H and O–H groups in total. The van der Waals surface area contributed by atoms with Crippen LogP contribution in [0.4, 0.5) is 13.2 Å². The number of thioether (sulfide) groups is 1. The number of amides is 1. The second kappa shape index (κ2) is 7.33. The summed E-state index contributed by atoms with van der Waals surface area (Å²) in [6, 6.07) is 0. The van der Waals surface area contributed by atoms with Gasteiger partial charge in [0.05, 0.1) is 0 Å². The van der Waals surface area contributed by atoms with Gasteiger partial charge in [0.25, 0.3) is 0 Å². The van der Waals surface area contributed by atoms with Crippen LogP contribution in [0.3, 0.4) is 0 Å². The third kappa shape index (κ3) is 6.38. The molecule has 0 spiro atoms. The van der Waals surface area contributed by atoms with Gasteiger partial charge in [0.2, 0.25) is 5.91 Å². The van der Waals surface area contributed by atoms with Crippen molar-refractivity contribution < 1.29 is 18.0 Å². The molecule has 0 aromatic heterocycles. The SMILES string of the molecule is CC(C(=O)NCCSC(F)(F)F)C1CNC1.Cl. The summed E-state index contributed by atoms with van der Waals surface area (Å²) < 4.78 is 35.3. The van der Waals surface area contributed by atoms with E-state index in [4.69, 9.17) is 0 Å². The Morgan fingerprint density at radius 3 is 2.53 bits per heavy atom. The van der Waals surface area contributed by atoms with Gasteiger partial charge < -0.3 is 10.6 Å². The minimum Gasteiger partial charge on any atom is -0.355 e. The van der Waals surface area contributed by atoms with Gasteiger partial charge in [-0.25, -0.2) is 0 Å². The maximum absolute atomic E-state index is 11.8. The van der Waals surface area contributed by atoms with E-state index in [1.54, 1.807) is 6.92 Å². The number of hydrogen-bond donors (Lipinski definition) is 2. The zero-order valence-corrected chi connectivity index (χ0v) is 11.0. The lowest BCUT2D eigenvalue weighted by Crippen LogP contribution is -2.49. The summed E-state index contributed by atoms with van der Waals surface area (Å²) in [4.78, 5) is 11.5. The van der Waals surface area contributed by atoms with Crippen LogP contribution in [0.25, 0.3) is 0 Å². The van der Waals surface area contributed by atoms with Crippen molar-refractivity contribution >= 4 is 30.1 Å². The van der Waals surface area contributed by atoms with E-state index < -0.39 is 5.51 Å². The van der Waals surface area contributed by atoms with Crippen LogP contribution < -0.4 is 10.6 Å². The third-order valence-electron chi connectivity index (χ3n) is 2.60. The molecule has 0 aromatic carbocycles. The molecule has 1 heterocycles. The predicted molar refractivity (Wildman–Crippen MR) is 64.3 cm³/mol. The van der Waals surface area contributed by atoms with Crippen molar-refractivity contribution in [1.29, 1.82) is 0 Å². The minimum atomic E-state index is -4.21. The molecule has 3 nitrogen and oxygen atoms in total. The van der Waals surface area contributed by atoms with Crippen molar-refractivity contribution in [2.24, 2.45) is 11.8 Å². The fourth-order valence-corrected chi connectivity index (χ4v) is 1.82. The van der Waals surface area contributed by atoms with Gasteiger partial charge in [-0.1, -0.05) is 6.92 Å². The maximum Gasteiger partial charge on any atom is 0.441 e. The molecule has 0 bridgehead atoms. The summed E-state index contributed by atoms with van der Waals surface area (Å²) in [5.41, 5.74) is -4.21. The highest BCUT2D eigenvalue weighted by molar-refractivity contribution is 8.00. The number of carbonyl (C=O) groups excluding carboxylic acids is 1. The molecule has 1 rings (SSSR count). The average molecular weight is 293 g/mol. The Morgan fingerprint density at radius 1 is 1.53 bits per heavy atom. The van der Waals surface area contributed by atoms with E-state index in [2.05, 4.69) is 10.6 Å². The largest absolute Gasteiger partial charge is 0.441 e. The van der Waals surface area contributed by atoms with E-state index in [9.17, 15) is 18.0 Å². The molecule has 1 saturated heterocycles. The van der Waals surface area contributed by atoms with E-state index in [-0.39, 0.29) is 48.3 Å². The third-order valence-corrected chi connectivity index (χ3v) is 3.34. The van der Waals surface area contributed by atoms with Crippen LogP contribution in [0.1, 0.15) is 6.92 Å². The number of rotatable bonds is 5. The molecule has 1 aliphatic heterocycles. The highest BCUT2D eigenvalue weighted by Crippen LogP contribution is 2.29. The summed E-state index contributed by atoms with van der Waals surface area (Å²) in [5.74, 6) is -0.105. The molecular formula is C9H16ClF3N2OS. The van der Waals surface area contributed by atoms with Gasteiger partial charge in [0.15, 0.2) is 0 Å². The highest BCUT2D eigenvalue weighted by atomic mass is 35.5. The molecule has 1 fully saturated rings. The molecule has 0 saturated carbocycles. The molecule has 1 unspecified atom stereocenters. The normalized spacial score (nSPS) is 17.9.